The Morgan fingerprint density at radius 1 is 1.28 bits per heavy atom. The summed E-state index contributed by atoms with van der Waals surface area (Å²) in [7, 11) is 1.95. The Kier molecular flexibility index (Phi) is 5.06. The van der Waals surface area contributed by atoms with E-state index in [9.17, 15) is 4.79 Å². The van der Waals surface area contributed by atoms with Gasteiger partial charge in [-0.2, -0.15) is 5.10 Å². The molecule has 2 aromatic heterocycles. The second-order valence-electron chi connectivity index (χ2n) is 6.48. The van der Waals surface area contributed by atoms with Gasteiger partial charge in [0.1, 0.15) is 5.82 Å². The minimum absolute atomic E-state index is 0.176. The van der Waals surface area contributed by atoms with Crippen molar-refractivity contribution in [2.75, 3.05) is 0 Å². The lowest BCUT2D eigenvalue weighted by molar-refractivity contribution is 0.236. The minimum Gasteiger partial charge on any atom is -0.334 e. The Bertz CT molecular complexity index is 761. The Morgan fingerprint density at radius 3 is 2.80 bits per heavy atom. The molecule has 8 heteroatoms. The molecule has 0 aliphatic carbocycles. The summed E-state index contributed by atoms with van der Waals surface area (Å²) in [6.07, 6.45) is 3.81. The summed E-state index contributed by atoms with van der Waals surface area (Å²) >= 11 is 0. The highest BCUT2D eigenvalue weighted by atomic mass is 16.2. The van der Waals surface area contributed by atoms with Crippen molar-refractivity contribution < 1.29 is 4.79 Å². The molecular weight excluding hydrogens is 318 g/mol. The van der Waals surface area contributed by atoms with Crippen molar-refractivity contribution in [3.63, 3.8) is 0 Å². The fraction of sp³-hybridized carbons (Fsp3) is 0.647. The van der Waals surface area contributed by atoms with Gasteiger partial charge in [-0.15, -0.1) is 10.2 Å². The van der Waals surface area contributed by atoms with Gasteiger partial charge in [0.05, 0.1) is 11.7 Å². The van der Waals surface area contributed by atoms with Crippen LogP contribution in [-0.4, -0.2) is 30.6 Å². The number of carbonyl (C=O) groups is 1. The van der Waals surface area contributed by atoms with Gasteiger partial charge in [0, 0.05) is 37.8 Å². The molecule has 2 N–H and O–H groups in total. The van der Waals surface area contributed by atoms with E-state index < -0.39 is 0 Å². The lowest BCUT2D eigenvalue weighted by Crippen LogP contribution is -2.37. The predicted molar refractivity (Wildman–Crippen MR) is 94.1 cm³/mol. The van der Waals surface area contributed by atoms with E-state index >= 15 is 0 Å². The molecular formula is C17H27N7O. The number of fused-ring (bicyclic) bond motifs is 1. The molecule has 0 radical (unpaired) electrons. The van der Waals surface area contributed by atoms with Gasteiger partial charge in [-0.1, -0.05) is 13.8 Å². The molecule has 1 atom stereocenters. The molecule has 1 unspecified atom stereocenters. The van der Waals surface area contributed by atoms with Gasteiger partial charge in [-0.25, -0.2) is 4.79 Å². The number of urea groups is 1. The molecule has 2 amide bonds. The SMILES string of the molecule is CCc1nn(C)c(CC)c1CNC(=O)NC(C)c1nnc2n1CCC2. The monoisotopic (exact) mass is 345 g/mol. The predicted octanol–water partition coefficient (Wildman–Crippen LogP) is 1.64. The smallest absolute Gasteiger partial charge is 0.315 e. The largest absolute Gasteiger partial charge is 0.334 e. The Balaban J connectivity index is 1.61. The summed E-state index contributed by atoms with van der Waals surface area (Å²) in [6, 6.07) is -0.375. The quantitative estimate of drug-likeness (QED) is 0.833. The number of aromatic nitrogens is 5. The van der Waals surface area contributed by atoms with Crippen LogP contribution in [-0.2, 0) is 39.4 Å². The summed E-state index contributed by atoms with van der Waals surface area (Å²) < 4.78 is 4.02. The summed E-state index contributed by atoms with van der Waals surface area (Å²) in [5, 5.41) is 18.9. The highest BCUT2D eigenvalue weighted by Gasteiger charge is 2.22. The molecule has 0 fully saturated rings. The Labute approximate surface area is 148 Å². The fourth-order valence-corrected chi connectivity index (χ4v) is 3.57. The third-order valence-corrected chi connectivity index (χ3v) is 4.83. The molecule has 1 aliphatic heterocycles. The van der Waals surface area contributed by atoms with Gasteiger partial charge in [0.25, 0.3) is 0 Å². The van der Waals surface area contributed by atoms with E-state index in [1.165, 1.54) is 5.69 Å². The lowest BCUT2D eigenvalue weighted by atomic mass is 10.1. The third kappa shape index (κ3) is 3.38. The van der Waals surface area contributed by atoms with Crippen molar-refractivity contribution in [1.82, 2.24) is 35.2 Å². The van der Waals surface area contributed by atoms with E-state index in [0.29, 0.717) is 6.54 Å². The number of aryl methyl sites for hydroxylation is 3. The zero-order valence-corrected chi connectivity index (χ0v) is 15.5. The molecule has 0 spiro atoms. The highest BCUT2D eigenvalue weighted by Crippen LogP contribution is 2.19. The van der Waals surface area contributed by atoms with Crippen LogP contribution < -0.4 is 10.6 Å². The first kappa shape index (κ1) is 17.4. The maximum Gasteiger partial charge on any atom is 0.315 e. The maximum absolute atomic E-state index is 12.3. The van der Waals surface area contributed by atoms with Crippen LogP contribution in [0.4, 0.5) is 4.79 Å². The van der Waals surface area contributed by atoms with Crippen molar-refractivity contribution in [3.05, 3.63) is 28.6 Å². The zero-order chi connectivity index (χ0) is 18.0. The summed E-state index contributed by atoms with van der Waals surface area (Å²) in [4.78, 5) is 12.3. The van der Waals surface area contributed by atoms with Gasteiger partial charge in [0.15, 0.2) is 5.82 Å². The van der Waals surface area contributed by atoms with Crippen molar-refractivity contribution in [3.8, 4) is 0 Å². The molecule has 2 aromatic rings. The minimum atomic E-state index is -0.198. The molecule has 25 heavy (non-hydrogen) atoms. The fourth-order valence-electron chi connectivity index (χ4n) is 3.57. The number of amides is 2. The van der Waals surface area contributed by atoms with E-state index in [4.69, 9.17) is 0 Å². The number of rotatable bonds is 6. The van der Waals surface area contributed by atoms with E-state index in [1.807, 2.05) is 18.7 Å². The van der Waals surface area contributed by atoms with Crippen LogP contribution in [0.5, 0.6) is 0 Å². The van der Waals surface area contributed by atoms with Gasteiger partial charge in [-0.3, -0.25) is 4.68 Å². The molecule has 136 valence electrons. The molecule has 0 saturated heterocycles. The zero-order valence-electron chi connectivity index (χ0n) is 15.5. The highest BCUT2D eigenvalue weighted by molar-refractivity contribution is 5.74. The summed E-state index contributed by atoms with van der Waals surface area (Å²) in [5.41, 5.74) is 3.34. The van der Waals surface area contributed by atoms with E-state index in [-0.39, 0.29) is 12.1 Å². The van der Waals surface area contributed by atoms with Gasteiger partial charge in [-0.05, 0) is 26.2 Å². The van der Waals surface area contributed by atoms with Crippen molar-refractivity contribution in [2.24, 2.45) is 7.05 Å². The van der Waals surface area contributed by atoms with Crippen molar-refractivity contribution >= 4 is 6.03 Å². The van der Waals surface area contributed by atoms with Gasteiger partial charge in [0.2, 0.25) is 0 Å². The number of hydrogen-bond acceptors (Lipinski definition) is 4. The van der Waals surface area contributed by atoms with Crippen LogP contribution in [0.2, 0.25) is 0 Å². The van der Waals surface area contributed by atoms with Crippen LogP contribution in [0.25, 0.3) is 0 Å². The average Bonchev–Trinajstić information content (AvgIpc) is 3.26. The normalized spacial score (nSPS) is 14.4. The number of carbonyl (C=O) groups excluding carboxylic acids is 1. The van der Waals surface area contributed by atoms with Crippen LogP contribution >= 0.6 is 0 Å². The first-order chi connectivity index (χ1) is 12.0. The van der Waals surface area contributed by atoms with Crippen LogP contribution in [0.3, 0.4) is 0 Å². The second-order valence-corrected chi connectivity index (χ2v) is 6.48. The Hall–Kier alpha value is -2.38. The maximum atomic E-state index is 12.3. The molecule has 0 bridgehead atoms. The summed E-state index contributed by atoms with van der Waals surface area (Å²) in [6.45, 7) is 7.54. The lowest BCUT2D eigenvalue weighted by Gasteiger charge is -2.15. The molecule has 3 heterocycles. The van der Waals surface area contributed by atoms with Gasteiger partial charge >= 0.3 is 6.03 Å². The van der Waals surface area contributed by atoms with Gasteiger partial charge < -0.3 is 15.2 Å². The number of nitrogens with zero attached hydrogens (tertiary/aromatic N) is 5. The topological polar surface area (TPSA) is 89.7 Å². The van der Waals surface area contributed by atoms with Crippen molar-refractivity contribution in [1.29, 1.82) is 0 Å². The molecule has 0 saturated carbocycles. The second kappa shape index (κ2) is 7.25. The first-order valence-corrected chi connectivity index (χ1v) is 9.05. The standard InChI is InChI=1S/C17H27N7O/c1-5-13-12(14(6-2)23(4)22-13)10-18-17(25)19-11(3)16-21-20-15-8-7-9-24(15)16/h11H,5-10H2,1-4H3,(H2,18,19,25). The average molecular weight is 345 g/mol. The van der Waals surface area contributed by atoms with Crippen molar-refractivity contribution in [2.45, 2.75) is 65.6 Å². The van der Waals surface area contributed by atoms with Crippen LogP contribution in [0.15, 0.2) is 0 Å². The Morgan fingerprint density at radius 2 is 2.08 bits per heavy atom. The van der Waals surface area contributed by atoms with E-state index in [0.717, 1.165) is 55.1 Å². The molecule has 1 aliphatic rings. The number of nitrogens with one attached hydrogen (secondary N) is 2. The van der Waals surface area contributed by atoms with Crippen LogP contribution in [0, 0.1) is 0 Å². The third-order valence-electron chi connectivity index (χ3n) is 4.83. The molecule has 3 rings (SSSR count). The molecule has 0 aromatic carbocycles. The number of hydrogen-bond donors (Lipinski definition) is 2. The van der Waals surface area contributed by atoms with E-state index in [1.54, 1.807) is 0 Å². The molecule has 8 nitrogen and oxygen atoms in total. The van der Waals surface area contributed by atoms with E-state index in [2.05, 4.69) is 44.3 Å². The summed E-state index contributed by atoms with van der Waals surface area (Å²) in [5.74, 6) is 1.84. The van der Waals surface area contributed by atoms with Crippen LogP contribution in [0.1, 0.15) is 61.8 Å². The first-order valence-electron chi connectivity index (χ1n) is 9.05.